The van der Waals surface area contributed by atoms with Crippen molar-refractivity contribution in [3.05, 3.63) is 124 Å². The molecular weight excluding hydrogens is 550 g/mol. The minimum atomic E-state index is -0.491. The zero-order valence-corrected chi connectivity index (χ0v) is 26.3. The summed E-state index contributed by atoms with van der Waals surface area (Å²) < 4.78 is 0. The van der Waals surface area contributed by atoms with E-state index in [0.29, 0.717) is 0 Å². The van der Waals surface area contributed by atoms with Gasteiger partial charge >= 0.3 is 17.1 Å². The minimum absolute atomic E-state index is 0. The Kier molecular flexibility index (Phi) is 13.9. The van der Waals surface area contributed by atoms with Crippen molar-refractivity contribution < 1.29 is 17.1 Å². The van der Waals surface area contributed by atoms with Gasteiger partial charge in [-0.25, -0.2) is 0 Å². The van der Waals surface area contributed by atoms with Crippen molar-refractivity contribution >= 4 is 26.5 Å². The largest absolute Gasteiger partial charge is 2.00 e. The maximum Gasteiger partial charge on any atom is 2.00 e. The van der Waals surface area contributed by atoms with E-state index in [2.05, 4.69) is 86.8 Å². The van der Waals surface area contributed by atoms with Crippen molar-refractivity contribution in [2.75, 3.05) is 0 Å². The number of hydrogen-bond donors (Lipinski definition) is 0. The first kappa shape index (κ1) is 31.7. The number of rotatable bonds is 7. The van der Waals surface area contributed by atoms with Crippen molar-refractivity contribution in [2.24, 2.45) is 0 Å². The molecule has 4 aliphatic carbocycles. The molecule has 0 unspecified atom stereocenters. The van der Waals surface area contributed by atoms with Gasteiger partial charge in [0.05, 0.1) is 0 Å². The molecule has 4 aliphatic rings. The molecule has 1 atom stereocenters. The predicted molar refractivity (Wildman–Crippen MR) is 170 cm³/mol. The van der Waals surface area contributed by atoms with E-state index in [1.165, 1.54) is 80.5 Å². The summed E-state index contributed by atoms with van der Waals surface area (Å²) in [5.41, 5.74) is 4.29. The molecule has 10 radical (unpaired) electrons. The van der Waals surface area contributed by atoms with Crippen LogP contribution in [0.2, 0.25) is 0 Å². The average Bonchev–Trinajstić information content (AvgIpc) is 3.72. The molecule has 4 saturated carbocycles. The second kappa shape index (κ2) is 17.1. The molecule has 3 heteroatoms. The molecule has 6 rings (SSSR count). The molecule has 4 fully saturated rings. The monoisotopic (exact) mass is 594 g/mol. The van der Waals surface area contributed by atoms with Gasteiger partial charge in [-0.05, 0) is 118 Å². The fourth-order valence-electron chi connectivity index (χ4n) is 6.63. The summed E-state index contributed by atoms with van der Waals surface area (Å²) in [5, 5.41) is 2.93. The van der Waals surface area contributed by atoms with Crippen molar-refractivity contribution in [1.29, 1.82) is 0 Å². The smallest absolute Gasteiger partial charge is 0.0968 e. The minimum Gasteiger partial charge on any atom is -0.0968 e. The quantitative estimate of drug-likeness (QED) is 0.221. The fraction of sp³-hybridized carbons (Fsp3) is 0.389. The molecular formula is C36H44FeP2+2. The van der Waals surface area contributed by atoms with Crippen LogP contribution in [0.5, 0.6) is 0 Å². The van der Waals surface area contributed by atoms with Gasteiger partial charge in [0.25, 0.3) is 0 Å². The first-order chi connectivity index (χ1) is 18.8. The van der Waals surface area contributed by atoms with E-state index in [4.69, 9.17) is 0 Å². The zero-order chi connectivity index (χ0) is 26.0. The summed E-state index contributed by atoms with van der Waals surface area (Å²) in [6, 6.07) is 22.4. The zero-order valence-electron chi connectivity index (χ0n) is 23.4. The van der Waals surface area contributed by atoms with Crippen molar-refractivity contribution in [2.45, 2.75) is 88.1 Å². The van der Waals surface area contributed by atoms with Gasteiger partial charge in [0.15, 0.2) is 0 Å². The van der Waals surface area contributed by atoms with E-state index in [-0.39, 0.29) is 25.0 Å². The Hall–Kier alpha value is -0.181. The van der Waals surface area contributed by atoms with Gasteiger partial charge in [-0.1, -0.05) is 114 Å². The van der Waals surface area contributed by atoms with Gasteiger partial charge in [0.2, 0.25) is 0 Å². The standard InChI is InChI=1S/C31H39P2.C5H5.Fe/c1-25(32(27-14-6-2-7-15-27)28-16-8-3-9-17-28)26-22-23-31(24-26)33(29-18-10-4-11-19-29)30-20-12-5-13-21-30;1-2-4-5-3-1;/h4-5,10-13,18-25,27-28H,2-3,6-9,14-17H2,1H3;1-5H;/q;;+2/t25-;;/m0../s1. The van der Waals surface area contributed by atoms with Gasteiger partial charge in [0.1, 0.15) is 0 Å². The molecule has 0 aromatic heterocycles. The predicted octanol–water partition coefficient (Wildman–Crippen LogP) is 9.41. The fourth-order valence-corrected chi connectivity index (χ4v) is 13.3. The van der Waals surface area contributed by atoms with Gasteiger partial charge in [-0.15, -0.1) is 0 Å². The van der Waals surface area contributed by atoms with E-state index >= 15 is 0 Å². The van der Waals surface area contributed by atoms with Crippen LogP contribution in [0.3, 0.4) is 0 Å². The van der Waals surface area contributed by atoms with Crippen LogP contribution < -0.4 is 10.6 Å². The molecule has 0 bridgehead atoms. The summed E-state index contributed by atoms with van der Waals surface area (Å²) in [6.45, 7) is 2.60. The van der Waals surface area contributed by atoms with Crippen LogP contribution in [-0.4, -0.2) is 17.0 Å². The number of benzene rings is 2. The maximum atomic E-state index is 2.61. The van der Waals surface area contributed by atoms with Gasteiger partial charge < -0.3 is 0 Å². The molecule has 2 aromatic carbocycles. The topological polar surface area (TPSA) is 0 Å². The molecule has 0 heterocycles. The molecule has 39 heavy (non-hydrogen) atoms. The Morgan fingerprint density at radius 1 is 0.590 bits per heavy atom. The summed E-state index contributed by atoms with van der Waals surface area (Å²) in [7, 11) is -0.433. The molecule has 0 N–H and O–H groups in total. The van der Waals surface area contributed by atoms with Crippen LogP contribution in [0.4, 0.5) is 0 Å². The van der Waals surface area contributed by atoms with Gasteiger partial charge in [0, 0.05) is 5.66 Å². The average molecular weight is 595 g/mol. The maximum absolute atomic E-state index is 2.61. The third-order valence-electron chi connectivity index (χ3n) is 8.53. The Labute approximate surface area is 254 Å². The molecule has 0 amide bonds. The van der Waals surface area contributed by atoms with Crippen LogP contribution in [0.25, 0.3) is 0 Å². The van der Waals surface area contributed by atoms with E-state index in [1.54, 1.807) is 5.92 Å². The number of hydrogen-bond acceptors (Lipinski definition) is 0. The Morgan fingerprint density at radius 3 is 1.46 bits per heavy atom. The summed E-state index contributed by atoms with van der Waals surface area (Å²) >= 11 is 0. The normalized spacial score (nSPS) is 22.4. The summed E-state index contributed by atoms with van der Waals surface area (Å²) in [5.74, 6) is 1.63. The summed E-state index contributed by atoms with van der Waals surface area (Å²) in [4.78, 5) is 0. The van der Waals surface area contributed by atoms with Crippen molar-refractivity contribution in [3.63, 3.8) is 0 Å². The summed E-state index contributed by atoms with van der Waals surface area (Å²) in [6.07, 6.45) is 32.4. The van der Waals surface area contributed by atoms with Crippen LogP contribution in [-0.2, 0) is 17.1 Å². The molecule has 0 saturated heterocycles. The van der Waals surface area contributed by atoms with Gasteiger partial charge in [-0.2, -0.15) is 0 Å². The van der Waals surface area contributed by atoms with E-state index in [9.17, 15) is 0 Å². The van der Waals surface area contributed by atoms with Crippen LogP contribution in [0, 0.1) is 62.9 Å². The Balaban J connectivity index is 0.000000530. The molecule has 0 spiro atoms. The van der Waals surface area contributed by atoms with Crippen LogP contribution in [0.15, 0.2) is 60.7 Å². The van der Waals surface area contributed by atoms with E-state index in [0.717, 1.165) is 17.0 Å². The van der Waals surface area contributed by atoms with Crippen LogP contribution >= 0.6 is 15.8 Å². The van der Waals surface area contributed by atoms with E-state index < -0.39 is 7.92 Å². The van der Waals surface area contributed by atoms with Crippen molar-refractivity contribution in [1.82, 2.24) is 0 Å². The van der Waals surface area contributed by atoms with E-state index in [1.807, 2.05) is 32.1 Å². The third kappa shape index (κ3) is 8.90. The van der Waals surface area contributed by atoms with Gasteiger partial charge in [-0.3, -0.25) is 0 Å². The second-order valence-corrected chi connectivity index (χ2v) is 16.4. The molecule has 0 nitrogen and oxygen atoms in total. The van der Waals surface area contributed by atoms with Crippen LogP contribution in [0.1, 0.15) is 71.1 Å². The first-order valence-electron chi connectivity index (χ1n) is 14.9. The second-order valence-electron chi connectivity index (χ2n) is 11.1. The Morgan fingerprint density at radius 2 is 1.03 bits per heavy atom. The molecule has 204 valence electrons. The third-order valence-corrected chi connectivity index (χ3v) is 14.9. The molecule has 2 aromatic rings. The SMILES string of the molecule is C[C@@H]([C]1[CH][CH][C](P(c2ccccc2)c2ccccc2)[CH]1)P(C1CCCCC1)C1CCCCC1.[CH]1[CH][CH][CH][CH]1.[Fe+2]. The van der Waals surface area contributed by atoms with Crippen molar-refractivity contribution in [3.8, 4) is 0 Å². The Bertz CT molecular complexity index is 837. The first-order valence-corrected chi connectivity index (χ1v) is 17.8. The molecule has 0 aliphatic heterocycles.